The molecule has 0 saturated carbocycles. The van der Waals surface area contributed by atoms with Gasteiger partial charge in [0, 0.05) is 0 Å². The summed E-state index contributed by atoms with van der Waals surface area (Å²) in [6.07, 6.45) is 4.54. The number of benzene rings is 1. The van der Waals surface area contributed by atoms with Gasteiger partial charge in [0.15, 0.2) is 0 Å². The molecule has 0 atom stereocenters. The summed E-state index contributed by atoms with van der Waals surface area (Å²) in [6.45, 7) is 4.38. The third-order valence-corrected chi connectivity index (χ3v) is 2.41. The van der Waals surface area contributed by atoms with E-state index in [-0.39, 0.29) is 0 Å². The Hall–Kier alpha value is -1.40. The van der Waals surface area contributed by atoms with Gasteiger partial charge in [-0.15, -0.1) is 0 Å². The Morgan fingerprint density at radius 2 is 1.80 bits per heavy atom. The molecule has 0 aliphatic rings. The number of nitrogens with zero attached hydrogens (tertiary/aromatic N) is 1. The molecule has 0 bridgehead atoms. The standard InChI is InChI=1S/C13H18N2/c1-3-5-11-7-8-13(15-10-14)9-12(11)6-4-2/h7-9,14H,3-6H2,1-2H3. The van der Waals surface area contributed by atoms with Gasteiger partial charge in [0.25, 0.3) is 0 Å². The quantitative estimate of drug-likeness (QED) is 0.701. The van der Waals surface area contributed by atoms with E-state index in [0.717, 1.165) is 24.9 Å². The van der Waals surface area contributed by atoms with Crippen molar-refractivity contribution in [1.29, 1.82) is 5.41 Å². The van der Waals surface area contributed by atoms with Crippen molar-refractivity contribution in [3.8, 4) is 0 Å². The predicted octanol–water partition coefficient (Wildman–Crippen LogP) is 3.98. The van der Waals surface area contributed by atoms with E-state index in [1.807, 2.05) is 6.07 Å². The highest BCUT2D eigenvalue weighted by molar-refractivity contribution is 5.52. The second kappa shape index (κ2) is 6.15. The molecule has 1 N–H and O–H groups in total. The molecule has 0 aliphatic heterocycles. The van der Waals surface area contributed by atoms with Crippen LogP contribution in [0.4, 0.5) is 5.69 Å². The molecule has 1 aromatic carbocycles. The second-order valence-electron chi connectivity index (χ2n) is 3.68. The fourth-order valence-corrected chi connectivity index (χ4v) is 1.76. The van der Waals surface area contributed by atoms with Crippen molar-refractivity contribution in [3.63, 3.8) is 0 Å². The summed E-state index contributed by atoms with van der Waals surface area (Å²) >= 11 is 0. The first-order valence-electron chi connectivity index (χ1n) is 5.56. The molecule has 0 radical (unpaired) electrons. The van der Waals surface area contributed by atoms with Crippen LogP contribution in [-0.2, 0) is 12.8 Å². The minimum atomic E-state index is 0.841. The molecule has 1 rings (SSSR count). The highest BCUT2D eigenvalue weighted by Crippen LogP contribution is 2.20. The van der Waals surface area contributed by atoms with Crippen LogP contribution < -0.4 is 0 Å². The van der Waals surface area contributed by atoms with Crippen LogP contribution in [0, 0.1) is 5.41 Å². The molecular weight excluding hydrogens is 184 g/mol. The highest BCUT2D eigenvalue weighted by atomic mass is 14.7. The minimum absolute atomic E-state index is 0.841. The smallest absolute Gasteiger partial charge is 0.0918 e. The SMILES string of the molecule is CCCc1ccc(N=C=N)cc1CCC. The van der Waals surface area contributed by atoms with Crippen molar-refractivity contribution < 1.29 is 0 Å². The van der Waals surface area contributed by atoms with Gasteiger partial charge in [0.05, 0.1) is 11.7 Å². The molecular formula is C13H18N2. The van der Waals surface area contributed by atoms with Crippen molar-refractivity contribution in [1.82, 2.24) is 0 Å². The van der Waals surface area contributed by atoms with E-state index in [2.05, 4.69) is 37.0 Å². The van der Waals surface area contributed by atoms with Crippen molar-refractivity contribution >= 4 is 11.7 Å². The van der Waals surface area contributed by atoms with Crippen molar-refractivity contribution in [2.45, 2.75) is 39.5 Å². The topological polar surface area (TPSA) is 36.2 Å². The summed E-state index contributed by atoms with van der Waals surface area (Å²) < 4.78 is 0. The van der Waals surface area contributed by atoms with Gasteiger partial charge in [0.1, 0.15) is 0 Å². The lowest BCUT2D eigenvalue weighted by molar-refractivity contribution is 0.861. The average Bonchev–Trinajstić information content (AvgIpc) is 2.23. The molecule has 0 spiro atoms. The molecule has 0 aliphatic carbocycles. The predicted molar refractivity (Wildman–Crippen MR) is 64.2 cm³/mol. The zero-order chi connectivity index (χ0) is 11.1. The van der Waals surface area contributed by atoms with E-state index < -0.39 is 0 Å². The van der Waals surface area contributed by atoms with Crippen LogP contribution in [0.2, 0.25) is 0 Å². The lowest BCUT2D eigenvalue weighted by atomic mass is 9.99. The number of aryl methyl sites for hydroxylation is 2. The van der Waals surface area contributed by atoms with Gasteiger partial charge >= 0.3 is 0 Å². The third kappa shape index (κ3) is 3.34. The van der Waals surface area contributed by atoms with Gasteiger partial charge in [0.2, 0.25) is 0 Å². The first kappa shape index (κ1) is 11.7. The minimum Gasteiger partial charge on any atom is -0.241 e. The molecule has 80 valence electrons. The number of hydrogen-bond donors (Lipinski definition) is 1. The normalized spacial score (nSPS) is 9.73. The number of aliphatic imine (C=N–C) groups is 1. The Balaban J connectivity index is 3.02. The summed E-state index contributed by atoms with van der Waals surface area (Å²) in [5, 5.41) is 6.83. The van der Waals surface area contributed by atoms with Crippen molar-refractivity contribution in [3.05, 3.63) is 29.3 Å². The number of nitrogens with one attached hydrogen (secondary N) is 1. The Morgan fingerprint density at radius 3 is 2.40 bits per heavy atom. The van der Waals surface area contributed by atoms with Gasteiger partial charge in [-0.3, -0.25) is 0 Å². The molecule has 0 amide bonds. The molecule has 0 unspecified atom stereocenters. The number of hydrogen-bond acceptors (Lipinski definition) is 2. The summed E-state index contributed by atoms with van der Waals surface area (Å²) in [5.74, 6) is 0. The maximum Gasteiger partial charge on any atom is 0.0918 e. The molecule has 2 heteroatoms. The molecule has 0 fully saturated rings. The lowest BCUT2D eigenvalue weighted by Crippen LogP contribution is -1.93. The fraction of sp³-hybridized carbons (Fsp3) is 0.462. The van der Waals surface area contributed by atoms with Crippen LogP contribution in [0.15, 0.2) is 23.2 Å². The first-order chi connectivity index (χ1) is 7.31. The van der Waals surface area contributed by atoms with Crippen LogP contribution in [0.5, 0.6) is 0 Å². The molecule has 0 aromatic heterocycles. The fourth-order valence-electron chi connectivity index (χ4n) is 1.76. The summed E-state index contributed by atoms with van der Waals surface area (Å²) in [7, 11) is 0. The van der Waals surface area contributed by atoms with Crippen LogP contribution >= 0.6 is 0 Å². The lowest BCUT2D eigenvalue weighted by Gasteiger charge is -2.08. The first-order valence-corrected chi connectivity index (χ1v) is 5.56. The van der Waals surface area contributed by atoms with E-state index in [0.29, 0.717) is 0 Å². The van der Waals surface area contributed by atoms with Gasteiger partial charge in [-0.2, -0.15) is 4.99 Å². The second-order valence-corrected chi connectivity index (χ2v) is 3.68. The van der Waals surface area contributed by atoms with Crippen LogP contribution in [-0.4, -0.2) is 6.01 Å². The summed E-state index contributed by atoms with van der Waals surface area (Å²) in [5.41, 5.74) is 3.63. The molecule has 2 nitrogen and oxygen atoms in total. The van der Waals surface area contributed by atoms with Gasteiger partial charge in [-0.1, -0.05) is 32.8 Å². The molecule has 15 heavy (non-hydrogen) atoms. The van der Waals surface area contributed by atoms with Crippen LogP contribution in [0.3, 0.4) is 0 Å². The zero-order valence-electron chi connectivity index (χ0n) is 9.51. The van der Waals surface area contributed by atoms with Gasteiger partial charge in [-0.25, -0.2) is 5.41 Å². The third-order valence-electron chi connectivity index (χ3n) is 2.41. The Kier molecular flexibility index (Phi) is 4.79. The van der Waals surface area contributed by atoms with Crippen LogP contribution in [0.25, 0.3) is 0 Å². The van der Waals surface area contributed by atoms with E-state index in [9.17, 15) is 0 Å². The molecule has 0 heterocycles. The Bertz CT molecular complexity index is 363. The Morgan fingerprint density at radius 1 is 1.13 bits per heavy atom. The molecule has 1 aromatic rings. The van der Waals surface area contributed by atoms with Crippen molar-refractivity contribution in [2.24, 2.45) is 4.99 Å². The average molecular weight is 202 g/mol. The zero-order valence-corrected chi connectivity index (χ0v) is 9.51. The van der Waals surface area contributed by atoms with E-state index in [4.69, 9.17) is 5.41 Å². The summed E-state index contributed by atoms with van der Waals surface area (Å²) in [4.78, 5) is 3.87. The van der Waals surface area contributed by atoms with E-state index in [1.54, 1.807) is 0 Å². The Labute approximate surface area is 91.6 Å². The van der Waals surface area contributed by atoms with Gasteiger partial charge < -0.3 is 0 Å². The maximum absolute atomic E-state index is 6.83. The maximum atomic E-state index is 6.83. The van der Waals surface area contributed by atoms with E-state index >= 15 is 0 Å². The number of rotatable bonds is 5. The van der Waals surface area contributed by atoms with E-state index in [1.165, 1.54) is 17.5 Å². The molecule has 0 saturated heterocycles. The highest BCUT2D eigenvalue weighted by Gasteiger charge is 2.02. The van der Waals surface area contributed by atoms with Crippen LogP contribution in [0.1, 0.15) is 37.8 Å². The largest absolute Gasteiger partial charge is 0.241 e. The summed E-state index contributed by atoms with van der Waals surface area (Å²) in [6, 6.07) is 8.25. The van der Waals surface area contributed by atoms with Crippen molar-refractivity contribution in [2.75, 3.05) is 0 Å². The monoisotopic (exact) mass is 202 g/mol. The van der Waals surface area contributed by atoms with Gasteiger partial charge in [-0.05, 0) is 36.1 Å².